The molecule has 0 spiro atoms. The van der Waals surface area contributed by atoms with Crippen molar-refractivity contribution in [2.24, 2.45) is 11.7 Å². The summed E-state index contributed by atoms with van der Waals surface area (Å²) in [7, 11) is 1.88. The fourth-order valence-corrected chi connectivity index (χ4v) is 4.14. The highest BCUT2D eigenvalue weighted by molar-refractivity contribution is 7.15. The van der Waals surface area contributed by atoms with Crippen LogP contribution in [-0.4, -0.2) is 28.9 Å². The van der Waals surface area contributed by atoms with E-state index >= 15 is 0 Å². The molecule has 1 heterocycles. The van der Waals surface area contributed by atoms with Gasteiger partial charge in [0.25, 0.3) is 0 Å². The van der Waals surface area contributed by atoms with Crippen molar-refractivity contribution in [2.45, 2.75) is 38.3 Å². The highest BCUT2D eigenvalue weighted by Crippen LogP contribution is 2.28. The predicted octanol–water partition coefficient (Wildman–Crippen LogP) is 3.29. The van der Waals surface area contributed by atoms with Gasteiger partial charge in [-0.3, -0.25) is 4.79 Å². The highest BCUT2D eigenvalue weighted by Gasteiger charge is 2.27. The third kappa shape index (κ3) is 3.98. The summed E-state index contributed by atoms with van der Waals surface area (Å²) in [6.07, 6.45) is 5.77. The van der Waals surface area contributed by atoms with Gasteiger partial charge in [0.15, 0.2) is 0 Å². The summed E-state index contributed by atoms with van der Waals surface area (Å²) in [5.74, 6) is 0.306. The molecule has 1 fully saturated rings. The topological polar surface area (TPSA) is 59.2 Å². The Hall–Kier alpha value is -1.72. The molecule has 0 radical (unpaired) electrons. The number of nitrogens with zero attached hydrogens (tertiary/aromatic N) is 2. The molecular weight excluding hydrogens is 306 g/mol. The zero-order valence-corrected chi connectivity index (χ0v) is 14.3. The van der Waals surface area contributed by atoms with Gasteiger partial charge in [-0.1, -0.05) is 36.8 Å². The van der Waals surface area contributed by atoms with Crippen LogP contribution in [0.4, 0.5) is 0 Å². The monoisotopic (exact) mass is 329 g/mol. The average Bonchev–Trinajstić information content (AvgIpc) is 3.03. The summed E-state index contributed by atoms with van der Waals surface area (Å²) in [6.45, 7) is 0.620. The standard InChI is InChI=1S/C18H23N3OS/c1-21(18(22)14-8-5-9-15(19)10-14)12-16-11-20-17(23-16)13-6-3-2-4-7-13/h2-4,6-7,11,14-15H,5,8-10,12,19H2,1H3/t14-,15+/m1/s1. The molecule has 3 rings (SSSR count). The largest absolute Gasteiger partial charge is 0.340 e. The van der Waals surface area contributed by atoms with Crippen LogP contribution in [0.2, 0.25) is 0 Å². The molecule has 0 saturated heterocycles. The smallest absolute Gasteiger partial charge is 0.225 e. The Morgan fingerprint density at radius 2 is 2.13 bits per heavy atom. The normalized spacial score (nSPS) is 21.1. The van der Waals surface area contributed by atoms with Gasteiger partial charge in [0.2, 0.25) is 5.91 Å². The first-order valence-electron chi connectivity index (χ1n) is 8.14. The van der Waals surface area contributed by atoms with Gasteiger partial charge in [-0.15, -0.1) is 11.3 Å². The fourth-order valence-electron chi connectivity index (χ4n) is 3.17. The number of carbonyl (C=O) groups is 1. The second-order valence-electron chi connectivity index (χ2n) is 6.32. The van der Waals surface area contributed by atoms with Crippen LogP contribution in [0.1, 0.15) is 30.6 Å². The molecule has 5 heteroatoms. The summed E-state index contributed by atoms with van der Waals surface area (Å²) >= 11 is 1.65. The number of hydrogen-bond acceptors (Lipinski definition) is 4. The van der Waals surface area contributed by atoms with Crippen molar-refractivity contribution in [2.75, 3.05) is 7.05 Å². The molecule has 1 aliphatic rings. The Morgan fingerprint density at radius 1 is 1.35 bits per heavy atom. The van der Waals surface area contributed by atoms with E-state index in [1.165, 1.54) is 0 Å². The van der Waals surface area contributed by atoms with E-state index in [4.69, 9.17) is 5.73 Å². The van der Waals surface area contributed by atoms with E-state index in [-0.39, 0.29) is 17.9 Å². The SMILES string of the molecule is CN(Cc1cnc(-c2ccccc2)s1)C(=O)[C@@H]1CCC[C@H](N)C1. The Bertz CT molecular complexity index is 655. The summed E-state index contributed by atoms with van der Waals surface area (Å²) in [4.78, 5) is 20.0. The third-order valence-corrected chi connectivity index (χ3v) is 5.44. The maximum absolute atomic E-state index is 12.6. The van der Waals surface area contributed by atoms with Crippen molar-refractivity contribution in [3.05, 3.63) is 41.4 Å². The van der Waals surface area contributed by atoms with Crippen LogP contribution < -0.4 is 5.73 Å². The van der Waals surface area contributed by atoms with E-state index in [0.717, 1.165) is 41.1 Å². The second-order valence-corrected chi connectivity index (χ2v) is 7.43. The number of carbonyl (C=O) groups excluding carboxylic acids is 1. The van der Waals surface area contributed by atoms with Crippen LogP contribution in [0, 0.1) is 5.92 Å². The minimum absolute atomic E-state index is 0.0882. The first-order valence-corrected chi connectivity index (χ1v) is 8.96. The van der Waals surface area contributed by atoms with E-state index in [1.54, 1.807) is 11.3 Å². The van der Waals surface area contributed by atoms with Crippen LogP contribution in [0.15, 0.2) is 36.5 Å². The summed E-state index contributed by atoms with van der Waals surface area (Å²) in [5.41, 5.74) is 7.13. The third-order valence-electron chi connectivity index (χ3n) is 4.41. The lowest BCUT2D eigenvalue weighted by Crippen LogP contribution is -2.38. The van der Waals surface area contributed by atoms with Gasteiger partial charge >= 0.3 is 0 Å². The van der Waals surface area contributed by atoms with Crippen LogP contribution in [0.3, 0.4) is 0 Å². The van der Waals surface area contributed by atoms with Crippen molar-refractivity contribution < 1.29 is 4.79 Å². The van der Waals surface area contributed by atoms with Crippen LogP contribution >= 0.6 is 11.3 Å². The second kappa shape index (κ2) is 7.23. The number of aromatic nitrogens is 1. The number of rotatable bonds is 4. The molecule has 0 aliphatic heterocycles. The molecule has 23 heavy (non-hydrogen) atoms. The molecule has 122 valence electrons. The molecule has 0 bridgehead atoms. The lowest BCUT2D eigenvalue weighted by molar-refractivity contribution is -0.135. The first kappa shape index (κ1) is 16.1. The van der Waals surface area contributed by atoms with Crippen LogP contribution in [-0.2, 0) is 11.3 Å². The van der Waals surface area contributed by atoms with Gasteiger partial charge in [-0.2, -0.15) is 0 Å². The van der Waals surface area contributed by atoms with Gasteiger partial charge in [-0.25, -0.2) is 4.98 Å². The fraction of sp³-hybridized carbons (Fsp3) is 0.444. The quantitative estimate of drug-likeness (QED) is 0.936. The number of benzene rings is 1. The minimum Gasteiger partial charge on any atom is -0.340 e. The molecular formula is C18H23N3OS. The van der Waals surface area contributed by atoms with E-state index in [1.807, 2.05) is 36.3 Å². The van der Waals surface area contributed by atoms with Crippen LogP contribution in [0.5, 0.6) is 0 Å². The molecule has 0 unspecified atom stereocenters. The molecule has 1 aromatic heterocycles. The average molecular weight is 329 g/mol. The number of nitrogens with two attached hydrogens (primary N) is 1. The maximum Gasteiger partial charge on any atom is 0.225 e. The van der Waals surface area contributed by atoms with Gasteiger partial charge in [-0.05, 0) is 19.3 Å². The van der Waals surface area contributed by atoms with E-state index in [2.05, 4.69) is 17.1 Å². The first-order chi connectivity index (χ1) is 11.1. The molecule has 1 amide bonds. The van der Waals surface area contributed by atoms with Crippen molar-refractivity contribution in [1.29, 1.82) is 0 Å². The molecule has 2 aromatic rings. The lowest BCUT2D eigenvalue weighted by Gasteiger charge is -2.29. The molecule has 4 nitrogen and oxygen atoms in total. The molecule has 2 N–H and O–H groups in total. The zero-order chi connectivity index (χ0) is 16.2. The maximum atomic E-state index is 12.6. The van der Waals surface area contributed by atoms with E-state index in [9.17, 15) is 4.79 Å². The van der Waals surface area contributed by atoms with Crippen molar-refractivity contribution in [3.63, 3.8) is 0 Å². The van der Waals surface area contributed by atoms with Gasteiger partial charge in [0.05, 0.1) is 6.54 Å². The number of thiazole rings is 1. The summed E-state index contributed by atoms with van der Waals surface area (Å²) in [6, 6.07) is 10.3. The van der Waals surface area contributed by atoms with Gasteiger partial charge in [0, 0.05) is 35.6 Å². The number of hydrogen-bond donors (Lipinski definition) is 1. The molecule has 1 aliphatic carbocycles. The Labute approximate surface area is 141 Å². The van der Waals surface area contributed by atoms with Crippen molar-refractivity contribution in [1.82, 2.24) is 9.88 Å². The lowest BCUT2D eigenvalue weighted by atomic mass is 9.85. The summed E-state index contributed by atoms with van der Waals surface area (Å²) in [5, 5.41) is 1.00. The van der Waals surface area contributed by atoms with E-state index < -0.39 is 0 Å². The van der Waals surface area contributed by atoms with Gasteiger partial charge < -0.3 is 10.6 Å². The zero-order valence-electron chi connectivity index (χ0n) is 13.4. The van der Waals surface area contributed by atoms with Crippen LogP contribution in [0.25, 0.3) is 10.6 Å². The number of amides is 1. The molecule has 1 aromatic carbocycles. The van der Waals surface area contributed by atoms with E-state index in [0.29, 0.717) is 6.54 Å². The van der Waals surface area contributed by atoms with Crippen molar-refractivity contribution in [3.8, 4) is 10.6 Å². The van der Waals surface area contributed by atoms with Crippen molar-refractivity contribution >= 4 is 17.2 Å². The summed E-state index contributed by atoms with van der Waals surface area (Å²) < 4.78 is 0. The minimum atomic E-state index is 0.0882. The van der Waals surface area contributed by atoms with Gasteiger partial charge in [0.1, 0.15) is 5.01 Å². The highest BCUT2D eigenvalue weighted by atomic mass is 32.1. The Kier molecular flexibility index (Phi) is 5.08. The molecule has 1 saturated carbocycles. The Balaban J connectivity index is 1.63. The predicted molar refractivity (Wildman–Crippen MR) is 94.0 cm³/mol. The molecule has 2 atom stereocenters. The Morgan fingerprint density at radius 3 is 2.87 bits per heavy atom.